The van der Waals surface area contributed by atoms with Crippen molar-refractivity contribution in [1.82, 2.24) is 5.32 Å². The monoisotopic (exact) mass is 270 g/mol. The molecule has 0 aromatic heterocycles. The number of aryl methyl sites for hydroxylation is 1. The molecule has 0 unspecified atom stereocenters. The molecule has 2 aromatic carbocycles. The van der Waals surface area contributed by atoms with E-state index in [9.17, 15) is 4.79 Å². The normalized spacial score (nSPS) is 10.1. The van der Waals surface area contributed by atoms with Crippen LogP contribution < -0.4 is 15.8 Å². The van der Waals surface area contributed by atoms with Crippen LogP contribution in [0.4, 0.5) is 5.69 Å². The highest BCUT2D eigenvalue weighted by Gasteiger charge is 2.10. The Labute approximate surface area is 118 Å². The molecule has 0 aliphatic heterocycles. The van der Waals surface area contributed by atoms with E-state index in [4.69, 9.17) is 10.5 Å². The number of anilines is 1. The van der Waals surface area contributed by atoms with Crippen molar-refractivity contribution in [2.75, 3.05) is 12.8 Å². The van der Waals surface area contributed by atoms with Gasteiger partial charge in [-0.25, -0.2) is 0 Å². The fraction of sp³-hybridized carbons (Fsp3) is 0.188. The maximum absolute atomic E-state index is 12.2. The summed E-state index contributed by atoms with van der Waals surface area (Å²) in [4.78, 5) is 12.2. The van der Waals surface area contributed by atoms with Gasteiger partial charge in [0, 0.05) is 17.8 Å². The van der Waals surface area contributed by atoms with E-state index >= 15 is 0 Å². The number of para-hydroxylation sites is 1. The van der Waals surface area contributed by atoms with E-state index in [1.54, 1.807) is 19.2 Å². The zero-order valence-corrected chi connectivity index (χ0v) is 11.6. The fourth-order valence-corrected chi connectivity index (χ4v) is 1.99. The van der Waals surface area contributed by atoms with E-state index in [-0.39, 0.29) is 5.91 Å². The Morgan fingerprint density at radius 1 is 1.25 bits per heavy atom. The predicted molar refractivity (Wildman–Crippen MR) is 79.8 cm³/mol. The van der Waals surface area contributed by atoms with Crippen LogP contribution in [-0.4, -0.2) is 13.0 Å². The first-order valence-corrected chi connectivity index (χ1v) is 6.38. The van der Waals surface area contributed by atoms with Gasteiger partial charge in [-0.15, -0.1) is 0 Å². The van der Waals surface area contributed by atoms with E-state index in [0.717, 1.165) is 16.9 Å². The molecular weight excluding hydrogens is 252 g/mol. The molecule has 0 heterocycles. The van der Waals surface area contributed by atoms with Crippen LogP contribution in [0.1, 0.15) is 21.5 Å². The lowest BCUT2D eigenvalue weighted by atomic mass is 10.1. The van der Waals surface area contributed by atoms with Crippen LogP contribution in [-0.2, 0) is 6.54 Å². The summed E-state index contributed by atoms with van der Waals surface area (Å²) in [5, 5.41) is 2.86. The molecule has 0 aliphatic rings. The average Bonchev–Trinajstić information content (AvgIpc) is 2.47. The molecule has 0 spiro atoms. The van der Waals surface area contributed by atoms with Gasteiger partial charge in [-0.3, -0.25) is 4.79 Å². The van der Waals surface area contributed by atoms with Crippen LogP contribution in [0, 0.1) is 6.92 Å². The molecule has 0 saturated heterocycles. The minimum absolute atomic E-state index is 0.183. The molecule has 0 saturated carbocycles. The van der Waals surface area contributed by atoms with Crippen molar-refractivity contribution in [3.63, 3.8) is 0 Å². The molecule has 4 heteroatoms. The van der Waals surface area contributed by atoms with Gasteiger partial charge in [0.25, 0.3) is 5.91 Å². The van der Waals surface area contributed by atoms with E-state index in [2.05, 4.69) is 5.32 Å². The Bertz CT molecular complexity index is 624. The zero-order valence-electron chi connectivity index (χ0n) is 11.6. The van der Waals surface area contributed by atoms with Crippen molar-refractivity contribution in [1.29, 1.82) is 0 Å². The second-order valence-corrected chi connectivity index (χ2v) is 4.59. The number of amides is 1. The predicted octanol–water partition coefficient (Wildman–Crippen LogP) is 2.52. The smallest absolute Gasteiger partial charge is 0.253 e. The maximum atomic E-state index is 12.2. The number of rotatable bonds is 4. The maximum Gasteiger partial charge on any atom is 0.253 e. The van der Waals surface area contributed by atoms with Gasteiger partial charge < -0.3 is 15.8 Å². The van der Waals surface area contributed by atoms with E-state index < -0.39 is 0 Å². The van der Waals surface area contributed by atoms with E-state index in [0.29, 0.717) is 17.8 Å². The molecule has 104 valence electrons. The summed E-state index contributed by atoms with van der Waals surface area (Å²) in [6.45, 7) is 2.33. The highest BCUT2D eigenvalue weighted by atomic mass is 16.5. The van der Waals surface area contributed by atoms with Crippen molar-refractivity contribution in [2.24, 2.45) is 0 Å². The summed E-state index contributed by atoms with van der Waals surface area (Å²) in [7, 11) is 1.61. The number of hydrogen-bond acceptors (Lipinski definition) is 3. The van der Waals surface area contributed by atoms with Gasteiger partial charge in [0.05, 0.1) is 12.7 Å². The zero-order chi connectivity index (χ0) is 14.5. The van der Waals surface area contributed by atoms with Gasteiger partial charge in [0.15, 0.2) is 0 Å². The molecule has 1 amide bonds. The Hall–Kier alpha value is -2.49. The lowest BCUT2D eigenvalue weighted by molar-refractivity contribution is 0.0951. The highest BCUT2D eigenvalue weighted by Crippen LogP contribution is 2.18. The third-order valence-electron chi connectivity index (χ3n) is 3.09. The van der Waals surface area contributed by atoms with Gasteiger partial charge in [0.2, 0.25) is 0 Å². The summed E-state index contributed by atoms with van der Waals surface area (Å²) >= 11 is 0. The van der Waals surface area contributed by atoms with Gasteiger partial charge in [0.1, 0.15) is 5.75 Å². The van der Waals surface area contributed by atoms with Crippen molar-refractivity contribution < 1.29 is 9.53 Å². The number of methoxy groups -OCH3 is 1. The Morgan fingerprint density at radius 2 is 2.00 bits per heavy atom. The SMILES string of the molecule is COc1ccccc1CNC(=O)c1cc(C)ccc1N. The fourth-order valence-electron chi connectivity index (χ4n) is 1.99. The van der Waals surface area contributed by atoms with Gasteiger partial charge in [-0.1, -0.05) is 29.8 Å². The Morgan fingerprint density at radius 3 is 2.75 bits per heavy atom. The summed E-state index contributed by atoms with van der Waals surface area (Å²) < 4.78 is 5.25. The van der Waals surface area contributed by atoms with Gasteiger partial charge >= 0.3 is 0 Å². The lowest BCUT2D eigenvalue weighted by Crippen LogP contribution is -2.24. The van der Waals surface area contributed by atoms with Crippen LogP contribution in [0.5, 0.6) is 5.75 Å². The number of ether oxygens (including phenoxy) is 1. The van der Waals surface area contributed by atoms with Crippen LogP contribution in [0.3, 0.4) is 0 Å². The topological polar surface area (TPSA) is 64.3 Å². The first-order valence-electron chi connectivity index (χ1n) is 6.38. The standard InChI is InChI=1S/C16H18N2O2/c1-11-7-8-14(17)13(9-11)16(19)18-10-12-5-3-4-6-15(12)20-2/h3-9H,10,17H2,1-2H3,(H,18,19). The number of nitrogens with one attached hydrogen (secondary N) is 1. The number of carbonyl (C=O) groups excluding carboxylic acids is 1. The Kier molecular flexibility index (Phi) is 4.25. The first kappa shape index (κ1) is 13.9. The average molecular weight is 270 g/mol. The highest BCUT2D eigenvalue weighted by molar-refractivity contribution is 5.99. The molecule has 0 bridgehead atoms. The molecule has 0 atom stereocenters. The molecule has 0 radical (unpaired) electrons. The third kappa shape index (κ3) is 3.09. The van der Waals surface area contributed by atoms with E-state index in [1.807, 2.05) is 37.3 Å². The summed E-state index contributed by atoms with van der Waals surface area (Å²) in [5.74, 6) is 0.571. The Balaban J connectivity index is 2.11. The minimum Gasteiger partial charge on any atom is -0.496 e. The second-order valence-electron chi connectivity index (χ2n) is 4.59. The largest absolute Gasteiger partial charge is 0.496 e. The molecule has 20 heavy (non-hydrogen) atoms. The molecular formula is C16H18N2O2. The lowest BCUT2D eigenvalue weighted by Gasteiger charge is -2.11. The number of carbonyl (C=O) groups is 1. The third-order valence-corrected chi connectivity index (χ3v) is 3.09. The van der Waals surface area contributed by atoms with Crippen LogP contribution in [0.25, 0.3) is 0 Å². The molecule has 0 fully saturated rings. The van der Waals surface area contributed by atoms with Crippen LogP contribution in [0.2, 0.25) is 0 Å². The molecule has 0 aliphatic carbocycles. The van der Waals surface area contributed by atoms with Crippen molar-refractivity contribution in [3.05, 3.63) is 59.2 Å². The minimum atomic E-state index is -0.183. The molecule has 4 nitrogen and oxygen atoms in total. The summed E-state index contributed by atoms with van der Waals surface area (Å²) in [5.41, 5.74) is 8.74. The number of hydrogen-bond donors (Lipinski definition) is 2. The summed E-state index contributed by atoms with van der Waals surface area (Å²) in [6, 6.07) is 13.0. The van der Waals surface area contributed by atoms with Gasteiger partial charge in [-0.05, 0) is 25.1 Å². The first-order chi connectivity index (χ1) is 9.61. The number of benzene rings is 2. The number of nitrogen functional groups attached to an aromatic ring is 1. The van der Waals surface area contributed by atoms with E-state index in [1.165, 1.54) is 0 Å². The quantitative estimate of drug-likeness (QED) is 0.839. The second kappa shape index (κ2) is 6.10. The van der Waals surface area contributed by atoms with Crippen molar-refractivity contribution in [3.8, 4) is 5.75 Å². The van der Waals surface area contributed by atoms with Crippen LogP contribution in [0.15, 0.2) is 42.5 Å². The van der Waals surface area contributed by atoms with Crippen molar-refractivity contribution in [2.45, 2.75) is 13.5 Å². The number of nitrogens with two attached hydrogens (primary N) is 1. The van der Waals surface area contributed by atoms with Gasteiger partial charge in [-0.2, -0.15) is 0 Å². The molecule has 3 N–H and O–H groups in total. The molecule has 2 aromatic rings. The molecule has 2 rings (SSSR count). The van der Waals surface area contributed by atoms with Crippen LogP contribution >= 0.6 is 0 Å². The summed E-state index contributed by atoms with van der Waals surface area (Å²) in [6.07, 6.45) is 0. The van der Waals surface area contributed by atoms with Crippen molar-refractivity contribution >= 4 is 11.6 Å².